The Balaban J connectivity index is 2.03. The van der Waals surface area contributed by atoms with Crippen LogP contribution in [0.1, 0.15) is 30.1 Å². The number of H-pyrrole nitrogens is 1. The van der Waals surface area contributed by atoms with Gasteiger partial charge in [-0.05, 0) is 59.9 Å². The molecule has 1 aliphatic rings. The highest BCUT2D eigenvalue weighted by Crippen LogP contribution is 2.28. The molecule has 0 radical (unpaired) electrons. The Labute approximate surface area is 109 Å². The SMILES string of the molecule is Cc1cc(Br)c2nc(C3CCCNC3)[nH]c2c1. The summed E-state index contributed by atoms with van der Waals surface area (Å²) in [6, 6.07) is 4.28. The van der Waals surface area contributed by atoms with Gasteiger partial charge in [0.1, 0.15) is 11.3 Å². The number of rotatable bonds is 1. The maximum atomic E-state index is 4.73. The van der Waals surface area contributed by atoms with Crippen LogP contribution in [0, 0.1) is 6.92 Å². The van der Waals surface area contributed by atoms with E-state index in [1.807, 2.05) is 0 Å². The third kappa shape index (κ3) is 2.11. The predicted octanol–water partition coefficient (Wildman–Crippen LogP) is 3.10. The zero-order chi connectivity index (χ0) is 11.8. The molecule has 90 valence electrons. The van der Waals surface area contributed by atoms with Gasteiger partial charge in [-0.2, -0.15) is 0 Å². The molecular weight excluding hydrogens is 278 g/mol. The van der Waals surface area contributed by atoms with Crippen LogP contribution in [0.25, 0.3) is 11.0 Å². The summed E-state index contributed by atoms with van der Waals surface area (Å²) in [5, 5.41) is 3.43. The number of aryl methyl sites for hydroxylation is 1. The number of imidazole rings is 1. The number of benzene rings is 1. The second-order valence-electron chi connectivity index (χ2n) is 4.81. The summed E-state index contributed by atoms with van der Waals surface area (Å²) in [6.45, 7) is 4.28. The molecule has 1 fully saturated rings. The molecule has 17 heavy (non-hydrogen) atoms. The molecule has 1 aromatic heterocycles. The highest BCUT2D eigenvalue weighted by atomic mass is 79.9. The van der Waals surface area contributed by atoms with Crippen molar-refractivity contribution in [2.45, 2.75) is 25.7 Å². The van der Waals surface area contributed by atoms with E-state index >= 15 is 0 Å². The van der Waals surface area contributed by atoms with Crippen LogP contribution < -0.4 is 5.32 Å². The van der Waals surface area contributed by atoms with Crippen LogP contribution in [0.2, 0.25) is 0 Å². The van der Waals surface area contributed by atoms with Gasteiger partial charge in [0.2, 0.25) is 0 Å². The fourth-order valence-electron chi connectivity index (χ4n) is 2.51. The van der Waals surface area contributed by atoms with Crippen molar-refractivity contribution < 1.29 is 0 Å². The zero-order valence-corrected chi connectivity index (χ0v) is 11.5. The minimum absolute atomic E-state index is 0.531. The van der Waals surface area contributed by atoms with Gasteiger partial charge >= 0.3 is 0 Å². The lowest BCUT2D eigenvalue weighted by Gasteiger charge is -2.20. The average molecular weight is 294 g/mol. The Morgan fingerprint density at radius 2 is 2.29 bits per heavy atom. The third-order valence-electron chi connectivity index (χ3n) is 3.39. The molecule has 4 heteroatoms. The molecule has 1 aliphatic heterocycles. The van der Waals surface area contributed by atoms with E-state index in [2.05, 4.69) is 45.3 Å². The van der Waals surface area contributed by atoms with Crippen molar-refractivity contribution in [2.24, 2.45) is 0 Å². The van der Waals surface area contributed by atoms with Crippen molar-refractivity contribution in [3.05, 3.63) is 28.0 Å². The molecule has 0 aliphatic carbocycles. The van der Waals surface area contributed by atoms with Gasteiger partial charge < -0.3 is 10.3 Å². The maximum Gasteiger partial charge on any atom is 0.111 e. The molecule has 0 saturated carbocycles. The van der Waals surface area contributed by atoms with Gasteiger partial charge in [-0.3, -0.25) is 0 Å². The normalized spacial score (nSPS) is 20.9. The third-order valence-corrected chi connectivity index (χ3v) is 3.99. The molecule has 2 N–H and O–H groups in total. The fraction of sp³-hybridized carbons (Fsp3) is 0.462. The maximum absolute atomic E-state index is 4.73. The molecule has 3 nitrogen and oxygen atoms in total. The molecular formula is C13H16BrN3. The Morgan fingerprint density at radius 1 is 1.41 bits per heavy atom. The summed E-state index contributed by atoms with van der Waals surface area (Å²) in [4.78, 5) is 8.20. The number of nitrogens with one attached hydrogen (secondary N) is 2. The van der Waals surface area contributed by atoms with Gasteiger partial charge in [0, 0.05) is 16.9 Å². The fourth-order valence-corrected chi connectivity index (χ4v) is 3.17. The summed E-state index contributed by atoms with van der Waals surface area (Å²) in [6.07, 6.45) is 2.46. The van der Waals surface area contributed by atoms with Crippen LogP contribution in [0.4, 0.5) is 0 Å². The lowest BCUT2D eigenvalue weighted by molar-refractivity contribution is 0.449. The van der Waals surface area contributed by atoms with E-state index in [-0.39, 0.29) is 0 Å². The second-order valence-corrected chi connectivity index (χ2v) is 5.66. The lowest BCUT2D eigenvalue weighted by atomic mass is 9.99. The van der Waals surface area contributed by atoms with Crippen molar-refractivity contribution in [2.75, 3.05) is 13.1 Å². The van der Waals surface area contributed by atoms with Crippen molar-refractivity contribution in [3.8, 4) is 0 Å². The largest absolute Gasteiger partial charge is 0.342 e. The minimum Gasteiger partial charge on any atom is -0.342 e. The zero-order valence-electron chi connectivity index (χ0n) is 9.89. The van der Waals surface area contributed by atoms with E-state index in [0.29, 0.717) is 5.92 Å². The summed E-state index contributed by atoms with van der Waals surface area (Å²) in [5.74, 6) is 1.65. The smallest absolute Gasteiger partial charge is 0.111 e. The monoisotopic (exact) mass is 293 g/mol. The first-order valence-electron chi connectivity index (χ1n) is 6.10. The van der Waals surface area contributed by atoms with Crippen LogP contribution in [-0.2, 0) is 0 Å². The molecule has 0 spiro atoms. The Bertz CT molecular complexity index is 541. The predicted molar refractivity (Wildman–Crippen MR) is 73.4 cm³/mol. The topological polar surface area (TPSA) is 40.7 Å². The van der Waals surface area contributed by atoms with Crippen molar-refractivity contribution in [1.82, 2.24) is 15.3 Å². The van der Waals surface area contributed by atoms with Crippen LogP contribution >= 0.6 is 15.9 Å². The first-order valence-corrected chi connectivity index (χ1v) is 6.90. The van der Waals surface area contributed by atoms with Gasteiger partial charge in [0.25, 0.3) is 0 Å². The highest BCUT2D eigenvalue weighted by Gasteiger charge is 2.19. The minimum atomic E-state index is 0.531. The first kappa shape index (κ1) is 11.2. The van der Waals surface area contributed by atoms with Crippen molar-refractivity contribution in [1.29, 1.82) is 0 Å². The van der Waals surface area contributed by atoms with E-state index in [9.17, 15) is 0 Å². The van der Waals surface area contributed by atoms with Crippen LogP contribution in [-0.4, -0.2) is 23.1 Å². The number of fused-ring (bicyclic) bond motifs is 1. The highest BCUT2D eigenvalue weighted by molar-refractivity contribution is 9.10. The Hall–Kier alpha value is -0.870. The number of nitrogens with zero attached hydrogens (tertiary/aromatic N) is 1. The molecule has 0 amide bonds. The van der Waals surface area contributed by atoms with Gasteiger partial charge in [0.05, 0.1) is 5.52 Å². The number of aromatic amines is 1. The lowest BCUT2D eigenvalue weighted by Crippen LogP contribution is -2.28. The van der Waals surface area contributed by atoms with E-state index < -0.39 is 0 Å². The molecule has 1 aromatic carbocycles. The first-order chi connectivity index (χ1) is 8.24. The molecule has 2 aromatic rings. The summed E-state index contributed by atoms with van der Waals surface area (Å²) in [7, 11) is 0. The molecule has 2 heterocycles. The van der Waals surface area contributed by atoms with Crippen molar-refractivity contribution in [3.63, 3.8) is 0 Å². The standard InChI is InChI=1S/C13H16BrN3/c1-8-5-10(14)12-11(6-8)16-13(17-12)9-3-2-4-15-7-9/h5-6,9,15H,2-4,7H2,1H3,(H,16,17). The van der Waals surface area contributed by atoms with E-state index in [1.54, 1.807) is 0 Å². The number of piperidine rings is 1. The van der Waals surface area contributed by atoms with E-state index in [1.165, 1.54) is 18.4 Å². The van der Waals surface area contributed by atoms with Gasteiger partial charge in [-0.25, -0.2) is 4.98 Å². The second kappa shape index (κ2) is 4.42. The molecule has 1 saturated heterocycles. The Morgan fingerprint density at radius 3 is 3.06 bits per heavy atom. The molecule has 3 rings (SSSR count). The van der Waals surface area contributed by atoms with Gasteiger partial charge in [-0.1, -0.05) is 0 Å². The number of halogens is 1. The number of aromatic nitrogens is 2. The summed E-state index contributed by atoms with van der Waals surface area (Å²) < 4.78 is 1.08. The molecule has 0 bridgehead atoms. The van der Waals surface area contributed by atoms with Crippen LogP contribution in [0.15, 0.2) is 16.6 Å². The quantitative estimate of drug-likeness (QED) is 0.848. The molecule has 1 unspecified atom stereocenters. The number of hydrogen-bond acceptors (Lipinski definition) is 2. The van der Waals surface area contributed by atoms with Gasteiger partial charge in [0.15, 0.2) is 0 Å². The Kier molecular flexibility index (Phi) is 2.92. The summed E-state index contributed by atoms with van der Waals surface area (Å²) in [5.41, 5.74) is 3.44. The summed E-state index contributed by atoms with van der Waals surface area (Å²) >= 11 is 3.59. The van der Waals surface area contributed by atoms with Crippen LogP contribution in [0.3, 0.4) is 0 Å². The van der Waals surface area contributed by atoms with Crippen molar-refractivity contribution >= 4 is 27.0 Å². The van der Waals surface area contributed by atoms with Crippen LogP contribution in [0.5, 0.6) is 0 Å². The average Bonchev–Trinajstić information content (AvgIpc) is 2.74. The van der Waals surface area contributed by atoms with Gasteiger partial charge in [-0.15, -0.1) is 0 Å². The van der Waals surface area contributed by atoms with E-state index in [0.717, 1.165) is 34.4 Å². The van der Waals surface area contributed by atoms with E-state index in [4.69, 9.17) is 4.98 Å². The number of hydrogen-bond donors (Lipinski definition) is 2. The molecule has 1 atom stereocenters.